The zero-order chi connectivity index (χ0) is 12.3. The predicted octanol–water partition coefficient (Wildman–Crippen LogP) is 2.44. The topological polar surface area (TPSA) is 49.9 Å². The number of fused-ring (bicyclic) bond motifs is 1. The summed E-state index contributed by atoms with van der Waals surface area (Å²) in [6, 6.07) is 7.21. The molecule has 1 heterocycles. The van der Waals surface area contributed by atoms with Crippen LogP contribution < -0.4 is 5.43 Å². The predicted molar refractivity (Wildman–Crippen MR) is 69.0 cm³/mol. The molecule has 0 spiro atoms. The number of nitrogens with one attached hydrogen (secondary N) is 1. The number of benzene rings is 1. The van der Waals surface area contributed by atoms with Crippen LogP contribution in [0, 0.1) is 6.92 Å². The molecule has 0 atom stereocenters. The van der Waals surface area contributed by atoms with E-state index in [9.17, 15) is 9.59 Å². The van der Waals surface area contributed by atoms with Gasteiger partial charge in [-0.25, -0.2) is 0 Å². The lowest BCUT2D eigenvalue weighted by Crippen LogP contribution is -2.02. The maximum atomic E-state index is 11.8. The number of carbonyl (C=O) groups excluding carboxylic acids is 1. The van der Waals surface area contributed by atoms with Crippen LogP contribution in [0.4, 0.5) is 0 Å². The number of carbonyl (C=O) groups is 1. The van der Waals surface area contributed by atoms with E-state index < -0.39 is 0 Å². The fraction of sp³-hybridized carbons (Fsp3) is 0.143. The molecule has 0 radical (unpaired) electrons. The van der Waals surface area contributed by atoms with E-state index in [-0.39, 0.29) is 5.43 Å². The molecule has 1 N–H and O–H groups in total. The number of aryl methyl sites for hydroxylation is 1. The van der Waals surface area contributed by atoms with Gasteiger partial charge >= 0.3 is 0 Å². The van der Waals surface area contributed by atoms with Crippen molar-refractivity contribution < 1.29 is 4.79 Å². The van der Waals surface area contributed by atoms with Gasteiger partial charge in [-0.1, -0.05) is 18.2 Å². The number of aldehydes is 1. The van der Waals surface area contributed by atoms with Crippen molar-refractivity contribution in [3.63, 3.8) is 0 Å². The van der Waals surface area contributed by atoms with Gasteiger partial charge in [0.2, 0.25) is 0 Å². The van der Waals surface area contributed by atoms with Crippen molar-refractivity contribution in [2.75, 3.05) is 0 Å². The van der Waals surface area contributed by atoms with Crippen molar-refractivity contribution in [1.82, 2.24) is 4.98 Å². The molecule has 17 heavy (non-hydrogen) atoms. The molecule has 2 aromatic rings. The van der Waals surface area contributed by atoms with Crippen molar-refractivity contribution in [3.05, 3.63) is 51.8 Å². The molecule has 86 valence electrons. The summed E-state index contributed by atoms with van der Waals surface area (Å²) < 4.78 is 0. The van der Waals surface area contributed by atoms with E-state index in [0.29, 0.717) is 11.8 Å². The molecule has 0 bridgehead atoms. The summed E-state index contributed by atoms with van der Waals surface area (Å²) in [6.45, 7) is 1.86. The number of aromatic amines is 1. The van der Waals surface area contributed by atoms with Gasteiger partial charge in [0.1, 0.15) is 6.29 Å². The Morgan fingerprint density at radius 3 is 2.88 bits per heavy atom. The summed E-state index contributed by atoms with van der Waals surface area (Å²) >= 11 is 0. The fourth-order valence-corrected chi connectivity index (χ4v) is 1.76. The van der Waals surface area contributed by atoms with Crippen LogP contribution in [-0.2, 0) is 4.79 Å². The molecule has 3 nitrogen and oxygen atoms in total. The van der Waals surface area contributed by atoms with Crippen LogP contribution in [-0.4, -0.2) is 11.3 Å². The Balaban J connectivity index is 2.50. The molecule has 3 heteroatoms. The molecule has 1 aromatic heterocycles. The summed E-state index contributed by atoms with van der Waals surface area (Å²) in [7, 11) is 0. The molecule has 0 aliphatic carbocycles. The van der Waals surface area contributed by atoms with Crippen LogP contribution in [0.3, 0.4) is 0 Å². The lowest BCUT2D eigenvalue weighted by molar-refractivity contribution is -0.107. The maximum absolute atomic E-state index is 11.8. The highest BCUT2D eigenvalue weighted by molar-refractivity contribution is 5.81. The van der Waals surface area contributed by atoms with Crippen LogP contribution in [0.2, 0.25) is 0 Å². The molecule has 0 aliphatic rings. The fourth-order valence-electron chi connectivity index (χ4n) is 1.76. The second-order valence-electron chi connectivity index (χ2n) is 3.93. The quantitative estimate of drug-likeness (QED) is 0.819. The van der Waals surface area contributed by atoms with Gasteiger partial charge in [0.15, 0.2) is 5.43 Å². The Labute approximate surface area is 98.8 Å². The molecule has 0 aliphatic heterocycles. The average Bonchev–Trinajstić information content (AvgIpc) is 2.30. The molecule has 0 unspecified atom stereocenters. The molecule has 0 saturated heterocycles. The van der Waals surface area contributed by atoms with Crippen LogP contribution >= 0.6 is 0 Å². The highest BCUT2D eigenvalue weighted by Crippen LogP contribution is 2.12. The first-order chi connectivity index (χ1) is 8.20. The smallest absolute Gasteiger partial charge is 0.189 e. The van der Waals surface area contributed by atoms with Gasteiger partial charge in [-0.05, 0) is 24.6 Å². The third-order valence-corrected chi connectivity index (χ3v) is 2.53. The van der Waals surface area contributed by atoms with Gasteiger partial charge < -0.3 is 9.78 Å². The number of allylic oxidation sites excluding steroid dienone is 1. The molecule has 0 saturated carbocycles. The Morgan fingerprint density at radius 2 is 2.12 bits per heavy atom. The van der Waals surface area contributed by atoms with E-state index in [2.05, 4.69) is 4.98 Å². The van der Waals surface area contributed by atoms with Gasteiger partial charge in [0.25, 0.3) is 0 Å². The standard InChI is InChI=1S/C14H13NO2/c1-10-8-14(17)12-9-11(4-2-3-7-16)5-6-13(12)15-10/h2,4-9H,3H2,1H3,(H,15,17). The minimum atomic E-state index is 0.0156. The van der Waals surface area contributed by atoms with Gasteiger partial charge in [-0.3, -0.25) is 4.79 Å². The molecule has 0 fully saturated rings. The largest absolute Gasteiger partial charge is 0.358 e. The summed E-state index contributed by atoms with van der Waals surface area (Å²) in [6.07, 6.45) is 4.85. The van der Waals surface area contributed by atoms with Crippen LogP contribution in [0.25, 0.3) is 17.0 Å². The summed E-state index contributed by atoms with van der Waals surface area (Å²) in [4.78, 5) is 25.1. The molecule has 0 amide bonds. The van der Waals surface area contributed by atoms with Crippen LogP contribution in [0.5, 0.6) is 0 Å². The Kier molecular flexibility index (Phi) is 3.19. The van der Waals surface area contributed by atoms with Crippen LogP contribution in [0.15, 0.2) is 35.1 Å². The van der Waals surface area contributed by atoms with E-state index >= 15 is 0 Å². The minimum absolute atomic E-state index is 0.0156. The Hall–Kier alpha value is -2.16. The lowest BCUT2D eigenvalue weighted by Gasteiger charge is -2.01. The number of pyridine rings is 1. The molecular weight excluding hydrogens is 214 g/mol. The lowest BCUT2D eigenvalue weighted by atomic mass is 10.1. The highest BCUT2D eigenvalue weighted by atomic mass is 16.1. The zero-order valence-corrected chi connectivity index (χ0v) is 9.57. The third kappa shape index (κ3) is 2.50. The summed E-state index contributed by atoms with van der Waals surface area (Å²) in [5.74, 6) is 0. The van der Waals surface area contributed by atoms with Crippen molar-refractivity contribution in [3.8, 4) is 0 Å². The first-order valence-electron chi connectivity index (χ1n) is 5.44. The zero-order valence-electron chi connectivity index (χ0n) is 9.57. The van der Waals surface area contributed by atoms with E-state index in [1.54, 1.807) is 12.1 Å². The normalized spacial score (nSPS) is 11.1. The number of hydrogen-bond acceptors (Lipinski definition) is 2. The summed E-state index contributed by atoms with van der Waals surface area (Å²) in [5, 5.41) is 0.670. The number of hydrogen-bond donors (Lipinski definition) is 1. The monoisotopic (exact) mass is 227 g/mol. The maximum Gasteiger partial charge on any atom is 0.189 e. The Morgan fingerprint density at radius 1 is 1.29 bits per heavy atom. The average molecular weight is 227 g/mol. The second kappa shape index (κ2) is 4.78. The van der Waals surface area contributed by atoms with E-state index in [4.69, 9.17) is 0 Å². The van der Waals surface area contributed by atoms with E-state index in [1.807, 2.05) is 31.2 Å². The van der Waals surface area contributed by atoms with E-state index in [1.165, 1.54) is 0 Å². The minimum Gasteiger partial charge on any atom is -0.358 e. The van der Waals surface area contributed by atoms with Crippen molar-refractivity contribution >= 4 is 23.3 Å². The molecular formula is C14H13NO2. The van der Waals surface area contributed by atoms with Gasteiger partial charge in [-0.2, -0.15) is 0 Å². The van der Waals surface area contributed by atoms with E-state index in [0.717, 1.165) is 23.1 Å². The number of aromatic nitrogens is 1. The SMILES string of the molecule is Cc1cc(=O)c2cc(C=CCC=O)ccc2[nH]1. The van der Waals surface area contributed by atoms with Gasteiger partial charge in [0.05, 0.1) is 0 Å². The van der Waals surface area contributed by atoms with Crippen LogP contribution in [0.1, 0.15) is 17.7 Å². The van der Waals surface area contributed by atoms with Crippen molar-refractivity contribution in [2.24, 2.45) is 0 Å². The Bertz CT molecular complexity index is 638. The molecule has 1 aromatic carbocycles. The van der Waals surface area contributed by atoms with Gasteiger partial charge in [0, 0.05) is 29.1 Å². The highest BCUT2D eigenvalue weighted by Gasteiger charge is 1.99. The van der Waals surface area contributed by atoms with Gasteiger partial charge in [-0.15, -0.1) is 0 Å². The number of H-pyrrole nitrogens is 1. The summed E-state index contributed by atoms with van der Waals surface area (Å²) in [5.41, 5.74) is 2.63. The first-order valence-corrected chi connectivity index (χ1v) is 5.44. The van der Waals surface area contributed by atoms with Crippen molar-refractivity contribution in [1.29, 1.82) is 0 Å². The third-order valence-electron chi connectivity index (χ3n) is 2.53. The second-order valence-corrected chi connectivity index (χ2v) is 3.93. The van der Waals surface area contributed by atoms with Crippen molar-refractivity contribution in [2.45, 2.75) is 13.3 Å². The number of rotatable bonds is 3. The first kappa shape index (κ1) is 11.3. The molecule has 2 rings (SSSR count).